The lowest BCUT2D eigenvalue weighted by atomic mass is 9.89. The molecule has 0 saturated heterocycles. The van der Waals surface area contributed by atoms with Crippen molar-refractivity contribution in [2.75, 3.05) is 10.6 Å². The minimum atomic E-state index is -3.51. The number of sulfonamides is 1. The Kier molecular flexibility index (Phi) is 7.15. The van der Waals surface area contributed by atoms with Crippen LogP contribution in [-0.2, 0) is 16.6 Å². The number of amides is 1. The highest BCUT2D eigenvalue weighted by Crippen LogP contribution is 2.24. The molecule has 1 atom stereocenters. The average molecular weight is 448 g/mol. The van der Waals surface area contributed by atoms with Gasteiger partial charge in [-0.2, -0.15) is 5.10 Å². The fourth-order valence-electron chi connectivity index (χ4n) is 3.48. The van der Waals surface area contributed by atoms with E-state index in [2.05, 4.69) is 17.5 Å². The van der Waals surface area contributed by atoms with E-state index >= 15 is 0 Å². The third-order valence-electron chi connectivity index (χ3n) is 5.23. The minimum absolute atomic E-state index is 0.140. The molecule has 30 heavy (non-hydrogen) atoms. The van der Waals surface area contributed by atoms with Crippen molar-refractivity contribution in [1.29, 1.82) is 0 Å². The summed E-state index contributed by atoms with van der Waals surface area (Å²) in [5.41, 5.74) is 5.40. The van der Waals surface area contributed by atoms with Crippen molar-refractivity contribution < 1.29 is 13.2 Å². The molecule has 6 nitrogen and oxygen atoms in total. The number of rotatable bonds is 6. The van der Waals surface area contributed by atoms with Crippen LogP contribution in [0.2, 0.25) is 5.02 Å². The Labute approximate surface area is 183 Å². The van der Waals surface area contributed by atoms with Crippen LogP contribution in [0.15, 0.2) is 53.6 Å². The summed E-state index contributed by atoms with van der Waals surface area (Å²) in [5, 5.41) is 4.77. The van der Waals surface area contributed by atoms with Crippen molar-refractivity contribution in [3.63, 3.8) is 0 Å². The Hall–Kier alpha value is -2.38. The van der Waals surface area contributed by atoms with Gasteiger partial charge in [0.25, 0.3) is 5.91 Å². The Morgan fingerprint density at radius 3 is 2.57 bits per heavy atom. The number of benzene rings is 2. The van der Waals surface area contributed by atoms with E-state index in [-0.39, 0.29) is 12.5 Å². The van der Waals surface area contributed by atoms with Crippen LogP contribution in [0.1, 0.15) is 48.5 Å². The molecule has 0 aromatic heterocycles. The van der Waals surface area contributed by atoms with E-state index < -0.39 is 10.0 Å². The maximum Gasteiger partial charge on any atom is 0.271 e. The van der Waals surface area contributed by atoms with Gasteiger partial charge < -0.3 is 0 Å². The van der Waals surface area contributed by atoms with Gasteiger partial charge in [-0.3, -0.25) is 9.10 Å². The molecular formula is C22H26ClN3O3S. The van der Waals surface area contributed by atoms with Crippen LogP contribution in [0, 0.1) is 5.92 Å². The molecule has 1 aliphatic carbocycles. The molecule has 160 valence electrons. The topological polar surface area (TPSA) is 78.8 Å². The normalized spacial score (nSPS) is 18.2. The Morgan fingerprint density at radius 1 is 1.20 bits per heavy atom. The molecule has 1 fully saturated rings. The smallest absolute Gasteiger partial charge is 0.267 e. The van der Waals surface area contributed by atoms with Gasteiger partial charge in [-0.1, -0.05) is 43.1 Å². The number of nitrogens with one attached hydrogen (secondary N) is 1. The third-order valence-corrected chi connectivity index (χ3v) is 6.60. The second-order valence-corrected chi connectivity index (χ2v) is 9.98. The van der Waals surface area contributed by atoms with E-state index in [1.54, 1.807) is 48.5 Å². The second-order valence-electron chi connectivity index (χ2n) is 7.64. The van der Waals surface area contributed by atoms with Gasteiger partial charge in [0.1, 0.15) is 0 Å². The zero-order valence-corrected chi connectivity index (χ0v) is 18.7. The zero-order valence-electron chi connectivity index (χ0n) is 17.1. The van der Waals surface area contributed by atoms with Crippen molar-refractivity contribution in [2.24, 2.45) is 11.0 Å². The third kappa shape index (κ3) is 5.83. The highest BCUT2D eigenvalue weighted by molar-refractivity contribution is 7.92. The first-order chi connectivity index (χ1) is 14.2. The van der Waals surface area contributed by atoms with E-state index in [9.17, 15) is 13.2 Å². The molecule has 2 aromatic rings. The molecule has 0 heterocycles. The van der Waals surface area contributed by atoms with E-state index in [1.165, 1.54) is 10.7 Å². The summed E-state index contributed by atoms with van der Waals surface area (Å²) in [6, 6.07) is 13.5. The first kappa shape index (κ1) is 22.3. The molecule has 0 spiro atoms. The van der Waals surface area contributed by atoms with Crippen LogP contribution < -0.4 is 9.73 Å². The van der Waals surface area contributed by atoms with E-state index in [0.29, 0.717) is 22.2 Å². The molecule has 1 amide bonds. The predicted octanol–water partition coefficient (Wildman–Crippen LogP) is 4.60. The molecule has 0 bridgehead atoms. The lowest BCUT2D eigenvalue weighted by Crippen LogP contribution is -2.29. The average Bonchev–Trinajstić information content (AvgIpc) is 2.71. The van der Waals surface area contributed by atoms with Crippen molar-refractivity contribution in [2.45, 2.75) is 39.2 Å². The standard InChI is InChI=1S/C22H26ClN3O3S/c1-16-6-3-4-9-21(16)24-25-22(27)18-12-10-17(11-13-18)15-26(30(2,28)29)20-8-5-7-19(23)14-20/h5,7-8,10-14,16H,3-4,6,9,15H2,1-2H3,(H,25,27)/b24-21-/t16-/m0/s1. The summed E-state index contributed by atoms with van der Waals surface area (Å²) in [7, 11) is -3.51. The van der Waals surface area contributed by atoms with Crippen molar-refractivity contribution in [3.05, 3.63) is 64.7 Å². The van der Waals surface area contributed by atoms with E-state index in [4.69, 9.17) is 11.6 Å². The van der Waals surface area contributed by atoms with Crippen molar-refractivity contribution >= 4 is 38.9 Å². The minimum Gasteiger partial charge on any atom is -0.267 e. The molecule has 1 saturated carbocycles. The number of halogens is 1. The molecule has 0 unspecified atom stereocenters. The van der Waals surface area contributed by atoms with Gasteiger partial charge in [-0.15, -0.1) is 0 Å². The van der Waals surface area contributed by atoms with Crippen molar-refractivity contribution in [3.8, 4) is 0 Å². The summed E-state index contributed by atoms with van der Waals surface area (Å²) >= 11 is 6.02. The number of hydrogen-bond donors (Lipinski definition) is 1. The second kappa shape index (κ2) is 9.62. The SMILES string of the molecule is C[C@H]1CCCC/C1=N/NC(=O)c1ccc(CN(c2cccc(Cl)c2)S(C)(=O)=O)cc1. The first-order valence-electron chi connectivity index (χ1n) is 9.93. The Balaban J connectivity index is 1.71. The Bertz CT molecular complexity index is 1040. The van der Waals surface area contributed by atoms with E-state index in [0.717, 1.165) is 36.8 Å². The highest BCUT2D eigenvalue weighted by atomic mass is 35.5. The van der Waals surface area contributed by atoms with E-state index in [1.807, 2.05) is 0 Å². The number of nitrogens with zero attached hydrogens (tertiary/aromatic N) is 2. The van der Waals surface area contributed by atoms with Gasteiger partial charge in [0.2, 0.25) is 10.0 Å². The molecule has 0 aliphatic heterocycles. The number of anilines is 1. The monoisotopic (exact) mass is 447 g/mol. The van der Waals surface area contributed by atoms with Crippen LogP contribution in [0.5, 0.6) is 0 Å². The summed E-state index contributed by atoms with van der Waals surface area (Å²) in [6.45, 7) is 2.27. The van der Waals surface area contributed by atoms with Gasteiger partial charge in [0.15, 0.2) is 0 Å². The lowest BCUT2D eigenvalue weighted by Gasteiger charge is -2.23. The molecule has 3 rings (SSSR count). The molecule has 1 aliphatic rings. The fourth-order valence-corrected chi connectivity index (χ4v) is 4.55. The summed E-state index contributed by atoms with van der Waals surface area (Å²) in [5.74, 6) is 0.122. The Morgan fingerprint density at radius 2 is 1.93 bits per heavy atom. The molecule has 0 radical (unpaired) electrons. The molecule has 1 N–H and O–H groups in total. The molecule has 8 heteroatoms. The zero-order chi connectivity index (χ0) is 21.7. The van der Waals surface area contributed by atoms with Gasteiger partial charge in [0.05, 0.1) is 18.5 Å². The number of hydrogen-bond acceptors (Lipinski definition) is 4. The maximum absolute atomic E-state index is 12.4. The molecular weight excluding hydrogens is 422 g/mol. The number of carbonyl (C=O) groups excluding carboxylic acids is 1. The quantitative estimate of drug-likeness (QED) is 0.657. The molecule has 2 aromatic carbocycles. The van der Waals surface area contributed by atoms with Crippen LogP contribution in [0.3, 0.4) is 0 Å². The number of hydrazone groups is 1. The van der Waals surface area contributed by atoms with Crippen molar-refractivity contribution in [1.82, 2.24) is 5.43 Å². The number of carbonyl (C=O) groups is 1. The lowest BCUT2D eigenvalue weighted by molar-refractivity contribution is 0.0954. The largest absolute Gasteiger partial charge is 0.271 e. The van der Waals surface area contributed by atoms with Gasteiger partial charge in [-0.05, 0) is 61.1 Å². The summed E-state index contributed by atoms with van der Waals surface area (Å²) in [6.07, 6.45) is 5.49. The van der Waals surface area contributed by atoms with Gasteiger partial charge in [0, 0.05) is 16.3 Å². The van der Waals surface area contributed by atoms with Crippen LogP contribution in [0.25, 0.3) is 0 Å². The summed E-state index contributed by atoms with van der Waals surface area (Å²) < 4.78 is 25.9. The fraction of sp³-hybridized carbons (Fsp3) is 0.364. The van der Waals surface area contributed by atoms with Crippen LogP contribution >= 0.6 is 11.6 Å². The van der Waals surface area contributed by atoms with Crippen LogP contribution in [0.4, 0.5) is 5.69 Å². The maximum atomic E-state index is 12.4. The van der Waals surface area contributed by atoms with Gasteiger partial charge >= 0.3 is 0 Å². The van der Waals surface area contributed by atoms with Gasteiger partial charge in [-0.25, -0.2) is 13.8 Å². The predicted molar refractivity (Wildman–Crippen MR) is 121 cm³/mol. The highest BCUT2D eigenvalue weighted by Gasteiger charge is 2.19. The van der Waals surface area contributed by atoms with Crippen LogP contribution in [-0.4, -0.2) is 26.3 Å². The summed E-state index contributed by atoms with van der Waals surface area (Å²) in [4.78, 5) is 12.4. The first-order valence-corrected chi connectivity index (χ1v) is 12.2.